The number of rotatable bonds is 3. The normalized spacial score (nSPS) is 19.1. The molecule has 0 spiro atoms. The average molecular weight is 366 g/mol. The molecule has 0 amide bonds. The second kappa shape index (κ2) is 6.47. The first-order valence-electron chi connectivity index (χ1n) is 7.26. The van der Waals surface area contributed by atoms with Gasteiger partial charge in [0.25, 0.3) is 0 Å². The van der Waals surface area contributed by atoms with Gasteiger partial charge in [-0.1, -0.05) is 23.7 Å². The summed E-state index contributed by atoms with van der Waals surface area (Å²) in [4.78, 5) is 4.66. The van der Waals surface area contributed by atoms with Crippen molar-refractivity contribution in [2.75, 3.05) is 7.05 Å². The minimum Gasteiger partial charge on any atom is -0.312 e. The van der Waals surface area contributed by atoms with Crippen LogP contribution in [0.3, 0.4) is 0 Å². The highest BCUT2D eigenvalue weighted by Gasteiger charge is 2.29. The largest absolute Gasteiger partial charge is 0.312 e. The molecule has 1 aromatic carbocycles. The molecule has 0 saturated heterocycles. The second-order valence-corrected chi connectivity index (χ2v) is 6.75. The van der Waals surface area contributed by atoms with Crippen molar-refractivity contribution >= 4 is 27.5 Å². The summed E-state index contributed by atoms with van der Waals surface area (Å²) in [7, 11) is 2.02. The number of likely N-dealkylation sites (N-methyl/N-ethyl adjacent to an activating group) is 1. The van der Waals surface area contributed by atoms with Crippen molar-refractivity contribution in [3.8, 4) is 0 Å². The highest BCUT2D eigenvalue weighted by atomic mass is 79.9. The van der Waals surface area contributed by atoms with E-state index in [1.165, 1.54) is 23.2 Å². The van der Waals surface area contributed by atoms with Crippen molar-refractivity contribution in [2.45, 2.75) is 31.2 Å². The third-order valence-electron chi connectivity index (χ3n) is 4.25. The predicted molar refractivity (Wildman–Crippen MR) is 90.9 cm³/mol. The first-order chi connectivity index (χ1) is 10.2. The fourth-order valence-electron chi connectivity index (χ4n) is 3.28. The van der Waals surface area contributed by atoms with Crippen LogP contribution in [-0.4, -0.2) is 12.0 Å². The SMILES string of the molecule is CNC(c1ccc(Cl)c(Br)c1)C1CCCc2cccnc21. The van der Waals surface area contributed by atoms with Crippen LogP contribution in [0.5, 0.6) is 0 Å². The maximum atomic E-state index is 6.12. The van der Waals surface area contributed by atoms with Gasteiger partial charge in [-0.15, -0.1) is 0 Å². The van der Waals surface area contributed by atoms with Crippen LogP contribution in [0.1, 0.15) is 41.6 Å². The maximum Gasteiger partial charge on any atom is 0.0548 e. The fourth-order valence-corrected chi connectivity index (χ4v) is 3.79. The summed E-state index contributed by atoms with van der Waals surface area (Å²) in [6.07, 6.45) is 5.42. The molecule has 2 unspecified atom stereocenters. The lowest BCUT2D eigenvalue weighted by atomic mass is 9.79. The van der Waals surface area contributed by atoms with Gasteiger partial charge in [-0.2, -0.15) is 0 Å². The molecule has 0 saturated carbocycles. The van der Waals surface area contributed by atoms with Gasteiger partial charge in [0.05, 0.1) is 5.02 Å². The Labute approximate surface area is 139 Å². The van der Waals surface area contributed by atoms with Crippen molar-refractivity contribution in [3.05, 3.63) is 62.8 Å². The minimum atomic E-state index is 0.257. The first-order valence-corrected chi connectivity index (χ1v) is 8.44. The molecule has 0 aliphatic heterocycles. The Morgan fingerprint density at radius 3 is 3.00 bits per heavy atom. The highest BCUT2D eigenvalue weighted by molar-refractivity contribution is 9.10. The zero-order chi connectivity index (χ0) is 14.8. The van der Waals surface area contributed by atoms with E-state index in [1.54, 1.807) is 0 Å². The summed E-state index contributed by atoms with van der Waals surface area (Å²) < 4.78 is 0.943. The van der Waals surface area contributed by atoms with Crippen LogP contribution in [0.4, 0.5) is 0 Å². The Bertz CT molecular complexity index is 644. The van der Waals surface area contributed by atoms with E-state index in [2.05, 4.69) is 44.4 Å². The first kappa shape index (κ1) is 15.0. The lowest BCUT2D eigenvalue weighted by Gasteiger charge is -2.31. The van der Waals surface area contributed by atoms with Gasteiger partial charge >= 0.3 is 0 Å². The Kier molecular flexibility index (Phi) is 4.63. The molecule has 1 aliphatic rings. The summed E-state index contributed by atoms with van der Waals surface area (Å²) in [5.74, 6) is 0.410. The number of aryl methyl sites for hydroxylation is 1. The van der Waals surface area contributed by atoms with Crippen molar-refractivity contribution in [3.63, 3.8) is 0 Å². The summed E-state index contributed by atoms with van der Waals surface area (Å²) in [5, 5.41) is 4.22. The molecule has 21 heavy (non-hydrogen) atoms. The molecule has 2 atom stereocenters. The van der Waals surface area contributed by atoms with Gasteiger partial charge in [0, 0.05) is 28.3 Å². The van der Waals surface area contributed by atoms with Crippen LogP contribution < -0.4 is 5.32 Å². The van der Waals surface area contributed by atoms with Crippen molar-refractivity contribution in [1.29, 1.82) is 0 Å². The van der Waals surface area contributed by atoms with E-state index in [9.17, 15) is 0 Å². The number of aromatic nitrogens is 1. The van der Waals surface area contributed by atoms with E-state index < -0.39 is 0 Å². The van der Waals surface area contributed by atoms with Crippen LogP contribution in [0.2, 0.25) is 5.02 Å². The summed E-state index contributed by atoms with van der Waals surface area (Å²) >= 11 is 9.64. The Balaban J connectivity index is 1.99. The van der Waals surface area contributed by atoms with Gasteiger partial charge in [0.15, 0.2) is 0 Å². The molecule has 1 aromatic heterocycles. The van der Waals surface area contributed by atoms with Crippen molar-refractivity contribution in [1.82, 2.24) is 10.3 Å². The monoisotopic (exact) mass is 364 g/mol. The molecular weight excluding hydrogens is 348 g/mol. The van der Waals surface area contributed by atoms with E-state index in [0.29, 0.717) is 5.92 Å². The van der Waals surface area contributed by atoms with Crippen LogP contribution in [-0.2, 0) is 6.42 Å². The highest BCUT2D eigenvalue weighted by Crippen LogP contribution is 2.40. The molecule has 1 N–H and O–H groups in total. The van der Waals surface area contributed by atoms with E-state index in [0.717, 1.165) is 22.3 Å². The molecule has 0 radical (unpaired) electrons. The summed E-state index contributed by atoms with van der Waals surface area (Å²) in [6, 6.07) is 10.7. The van der Waals surface area contributed by atoms with E-state index in [1.807, 2.05) is 25.4 Å². The molecule has 110 valence electrons. The second-order valence-electron chi connectivity index (χ2n) is 5.49. The van der Waals surface area contributed by atoms with Crippen LogP contribution in [0.15, 0.2) is 41.0 Å². The smallest absolute Gasteiger partial charge is 0.0548 e. The Morgan fingerprint density at radius 2 is 2.24 bits per heavy atom. The van der Waals surface area contributed by atoms with Gasteiger partial charge in [-0.25, -0.2) is 0 Å². The molecule has 0 fully saturated rings. The van der Waals surface area contributed by atoms with Gasteiger partial charge in [-0.05, 0) is 71.6 Å². The molecule has 4 heteroatoms. The molecule has 2 aromatic rings. The van der Waals surface area contributed by atoms with Crippen LogP contribution >= 0.6 is 27.5 Å². The number of nitrogens with zero attached hydrogens (tertiary/aromatic N) is 1. The number of nitrogens with one attached hydrogen (secondary N) is 1. The molecular formula is C17H18BrClN2. The number of fused-ring (bicyclic) bond motifs is 1. The zero-order valence-electron chi connectivity index (χ0n) is 11.9. The third-order valence-corrected chi connectivity index (χ3v) is 5.47. The maximum absolute atomic E-state index is 6.12. The van der Waals surface area contributed by atoms with Crippen molar-refractivity contribution < 1.29 is 0 Å². The van der Waals surface area contributed by atoms with Crippen LogP contribution in [0, 0.1) is 0 Å². The van der Waals surface area contributed by atoms with Gasteiger partial charge < -0.3 is 5.32 Å². The standard InChI is InChI=1S/C17H18BrClN2/c1-20-16(12-7-8-15(19)14(18)10-12)13-6-2-4-11-5-3-9-21-17(11)13/h3,5,7-10,13,16,20H,2,4,6H2,1H3. The third kappa shape index (κ3) is 3.01. The fraction of sp³-hybridized carbons (Fsp3) is 0.353. The molecule has 1 aliphatic carbocycles. The molecule has 3 rings (SSSR count). The number of hydrogen-bond donors (Lipinski definition) is 1. The number of halogens is 2. The molecule has 0 bridgehead atoms. The zero-order valence-corrected chi connectivity index (χ0v) is 14.3. The minimum absolute atomic E-state index is 0.257. The van der Waals surface area contributed by atoms with Gasteiger partial charge in [0.1, 0.15) is 0 Å². The van der Waals surface area contributed by atoms with Gasteiger partial charge in [-0.3, -0.25) is 4.98 Å². The number of hydrogen-bond acceptors (Lipinski definition) is 2. The predicted octanol–water partition coefficient (Wildman–Crippen LogP) is 4.88. The number of benzene rings is 1. The average Bonchev–Trinajstić information content (AvgIpc) is 2.52. The van der Waals surface area contributed by atoms with Gasteiger partial charge in [0.2, 0.25) is 0 Å². The molecule has 2 nitrogen and oxygen atoms in total. The van der Waals surface area contributed by atoms with E-state index in [-0.39, 0.29) is 6.04 Å². The van der Waals surface area contributed by atoms with E-state index >= 15 is 0 Å². The number of pyridine rings is 1. The lowest BCUT2D eigenvalue weighted by molar-refractivity contribution is 0.415. The Morgan fingerprint density at radius 1 is 1.38 bits per heavy atom. The molecule has 1 heterocycles. The summed E-state index contributed by atoms with van der Waals surface area (Å²) in [5.41, 5.74) is 3.88. The lowest BCUT2D eigenvalue weighted by Crippen LogP contribution is -2.27. The topological polar surface area (TPSA) is 24.9 Å². The van der Waals surface area contributed by atoms with Crippen LogP contribution in [0.25, 0.3) is 0 Å². The summed E-state index contributed by atoms with van der Waals surface area (Å²) in [6.45, 7) is 0. The quantitative estimate of drug-likeness (QED) is 0.838. The van der Waals surface area contributed by atoms with E-state index in [4.69, 9.17) is 11.6 Å². The van der Waals surface area contributed by atoms with Crippen molar-refractivity contribution in [2.24, 2.45) is 0 Å². The Hall–Kier alpha value is -0.900.